The number of benzene rings is 2. The van der Waals surface area contributed by atoms with Gasteiger partial charge in [0.05, 0.1) is 5.60 Å². The summed E-state index contributed by atoms with van der Waals surface area (Å²) >= 11 is 2.01. The highest BCUT2D eigenvalue weighted by atomic mass is 32.2. The van der Waals surface area contributed by atoms with E-state index in [2.05, 4.69) is 64.1 Å². The highest BCUT2D eigenvalue weighted by Gasteiger charge is 2.37. The van der Waals surface area contributed by atoms with E-state index < -0.39 is 5.60 Å². The Morgan fingerprint density at radius 2 is 1.08 bits per heavy atom. The van der Waals surface area contributed by atoms with Crippen LogP contribution in [0.1, 0.15) is 63.6 Å². The lowest BCUT2D eigenvalue weighted by atomic mass is 9.88. The van der Waals surface area contributed by atoms with E-state index in [0.29, 0.717) is 10.5 Å². The minimum Gasteiger partial charge on any atom is -0.390 e. The summed E-state index contributed by atoms with van der Waals surface area (Å²) in [5.74, 6) is 0. The van der Waals surface area contributed by atoms with Crippen molar-refractivity contribution in [1.82, 2.24) is 0 Å². The second-order valence-corrected chi connectivity index (χ2v) is 9.27. The van der Waals surface area contributed by atoms with Crippen molar-refractivity contribution in [2.24, 2.45) is 0 Å². The Bertz CT molecular complexity index is 646. The lowest BCUT2D eigenvalue weighted by Gasteiger charge is -2.39. The van der Waals surface area contributed by atoms with Gasteiger partial charge >= 0.3 is 0 Å². The van der Waals surface area contributed by atoms with Crippen molar-refractivity contribution in [2.75, 3.05) is 0 Å². The van der Waals surface area contributed by atoms with Crippen molar-refractivity contribution in [3.63, 3.8) is 0 Å². The molecule has 0 spiro atoms. The first-order valence-electron chi connectivity index (χ1n) is 8.76. The SMILES string of the molecule is Cc1cc(C)cc([C@@H]2CC(C)(O)C[C@H](c3cc(C)cc(C)c3)S2)c1. The summed E-state index contributed by atoms with van der Waals surface area (Å²) in [7, 11) is 0. The molecule has 24 heavy (non-hydrogen) atoms. The topological polar surface area (TPSA) is 20.2 Å². The zero-order valence-electron chi connectivity index (χ0n) is 15.4. The van der Waals surface area contributed by atoms with Gasteiger partial charge in [0, 0.05) is 10.5 Å². The maximum absolute atomic E-state index is 10.9. The largest absolute Gasteiger partial charge is 0.390 e. The third-order valence-electron chi connectivity index (χ3n) is 4.81. The van der Waals surface area contributed by atoms with Gasteiger partial charge in [0.15, 0.2) is 0 Å². The number of hydrogen-bond acceptors (Lipinski definition) is 2. The number of aryl methyl sites for hydroxylation is 4. The number of thioether (sulfide) groups is 1. The van der Waals surface area contributed by atoms with Gasteiger partial charge in [-0.2, -0.15) is 0 Å². The van der Waals surface area contributed by atoms with Crippen LogP contribution in [0.2, 0.25) is 0 Å². The molecule has 0 radical (unpaired) electrons. The molecule has 0 bridgehead atoms. The van der Waals surface area contributed by atoms with Crippen LogP contribution in [0.3, 0.4) is 0 Å². The van der Waals surface area contributed by atoms with Crippen molar-refractivity contribution in [1.29, 1.82) is 0 Å². The summed E-state index contributed by atoms with van der Waals surface area (Å²) in [5.41, 5.74) is 7.31. The summed E-state index contributed by atoms with van der Waals surface area (Å²) in [6.07, 6.45) is 1.64. The quantitative estimate of drug-likeness (QED) is 0.725. The van der Waals surface area contributed by atoms with Gasteiger partial charge in [-0.15, -0.1) is 11.8 Å². The van der Waals surface area contributed by atoms with Crippen LogP contribution in [-0.2, 0) is 0 Å². The molecule has 1 N–H and O–H groups in total. The summed E-state index contributed by atoms with van der Waals surface area (Å²) in [6.45, 7) is 10.6. The zero-order chi connectivity index (χ0) is 17.5. The van der Waals surface area contributed by atoms with Gasteiger partial charge in [-0.1, -0.05) is 58.7 Å². The van der Waals surface area contributed by atoms with Gasteiger partial charge in [0.25, 0.3) is 0 Å². The van der Waals surface area contributed by atoms with Crippen LogP contribution in [0.5, 0.6) is 0 Å². The van der Waals surface area contributed by atoms with Crippen molar-refractivity contribution < 1.29 is 5.11 Å². The molecule has 1 heterocycles. The fourth-order valence-corrected chi connectivity index (χ4v) is 5.85. The van der Waals surface area contributed by atoms with E-state index in [-0.39, 0.29) is 0 Å². The number of rotatable bonds is 2. The van der Waals surface area contributed by atoms with Crippen LogP contribution in [-0.4, -0.2) is 10.7 Å². The van der Waals surface area contributed by atoms with Gasteiger partial charge in [-0.3, -0.25) is 0 Å². The van der Waals surface area contributed by atoms with E-state index in [9.17, 15) is 5.11 Å². The molecule has 0 amide bonds. The van der Waals surface area contributed by atoms with Crippen LogP contribution in [0.15, 0.2) is 36.4 Å². The smallest absolute Gasteiger partial charge is 0.0647 e. The van der Waals surface area contributed by atoms with Crippen molar-refractivity contribution >= 4 is 11.8 Å². The minimum atomic E-state index is -0.615. The molecule has 3 atom stereocenters. The normalized spacial score (nSPS) is 27.2. The Morgan fingerprint density at radius 3 is 1.42 bits per heavy atom. The summed E-state index contributed by atoms with van der Waals surface area (Å²) in [5, 5.41) is 11.6. The van der Waals surface area contributed by atoms with E-state index in [0.717, 1.165) is 12.8 Å². The van der Waals surface area contributed by atoms with E-state index in [1.807, 2.05) is 18.7 Å². The van der Waals surface area contributed by atoms with Gasteiger partial charge in [0.1, 0.15) is 0 Å². The molecule has 0 aliphatic carbocycles. The van der Waals surface area contributed by atoms with Crippen molar-refractivity contribution in [3.8, 4) is 0 Å². The van der Waals surface area contributed by atoms with Gasteiger partial charge < -0.3 is 5.11 Å². The predicted molar refractivity (Wildman–Crippen MR) is 105 cm³/mol. The molecule has 3 rings (SSSR count). The molecule has 0 saturated carbocycles. The van der Waals surface area contributed by atoms with Crippen LogP contribution < -0.4 is 0 Å². The van der Waals surface area contributed by atoms with Gasteiger partial charge in [-0.25, -0.2) is 0 Å². The zero-order valence-corrected chi connectivity index (χ0v) is 16.2. The highest BCUT2D eigenvalue weighted by Crippen LogP contribution is 2.53. The van der Waals surface area contributed by atoms with E-state index in [1.165, 1.54) is 33.4 Å². The van der Waals surface area contributed by atoms with Gasteiger partial charge in [-0.05, 0) is 58.6 Å². The summed E-state index contributed by atoms with van der Waals surface area (Å²) in [4.78, 5) is 0. The first kappa shape index (κ1) is 17.6. The van der Waals surface area contributed by atoms with Crippen molar-refractivity contribution in [3.05, 3.63) is 69.8 Å². The first-order chi connectivity index (χ1) is 11.2. The fraction of sp³-hybridized carbons (Fsp3) is 0.455. The van der Waals surface area contributed by atoms with Crippen LogP contribution in [0.25, 0.3) is 0 Å². The molecule has 1 aliphatic rings. The molecule has 2 aromatic carbocycles. The molecule has 0 aromatic heterocycles. The average molecular weight is 341 g/mol. The third kappa shape index (κ3) is 4.04. The predicted octanol–water partition coefficient (Wildman–Crippen LogP) is 5.98. The maximum Gasteiger partial charge on any atom is 0.0647 e. The van der Waals surface area contributed by atoms with Crippen LogP contribution in [0, 0.1) is 27.7 Å². The molecule has 1 nitrogen and oxygen atoms in total. The molecule has 1 fully saturated rings. The Labute approximate surface area is 150 Å². The average Bonchev–Trinajstić information content (AvgIpc) is 2.43. The summed E-state index contributed by atoms with van der Waals surface area (Å²) in [6, 6.07) is 13.6. The molecule has 1 saturated heterocycles. The molecule has 2 aromatic rings. The number of hydrogen-bond donors (Lipinski definition) is 1. The third-order valence-corrected chi connectivity index (χ3v) is 6.35. The maximum atomic E-state index is 10.9. The van der Waals surface area contributed by atoms with Crippen LogP contribution >= 0.6 is 11.8 Å². The van der Waals surface area contributed by atoms with E-state index in [1.54, 1.807) is 0 Å². The van der Waals surface area contributed by atoms with E-state index >= 15 is 0 Å². The Balaban J connectivity index is 1.95. The van der Waals surface area contributed by atoms with Crippen molar-refractivity contribution in [2.45, 2.75) is 63.6 Å². The number of aliphatic hydroxyl groups is 1. The Morgan fingerprint density at radius 1 is 0.750 bits per heavy atom. The molecular weight excluding hydrogens is 312 g/mol. The van der Waals surface area contributed by atoms with Gasteiger partial charge in [0.2, 0.25) is 0 Å². The second kappa shape index (κ2) is 6.57. The lowest BCUT2D eigenvalue weighted by molar-refractivity contribution is 0.0364. The Hall–Kier alpha value is -1.25. The molecular formula is C22H28OS. The monoisotopic (exact) mass is 340 g/mol. The molecule has 2 heteroatoms. The molecule has 1 aliphatic heterocycles. The lowest BCUT2D eigenvalue weighted by Crippen LogP contribution is -2.32. The van der Waals surface area contributed by atoms with Crippen LogP contribution in [0.4, 0.5) is 0 Å². The standard InChI is InChI=1S/C22H28OS/c1-14-6-15(2)9-18(8-14)20-12-22(5,23)13-21(24-20)19-10-16(3)7-17(4)11-19/h6-11,20-21,23H,12-13H2,1-5H3/t20-,21+,22?. The fourth-order valence-electron chi connectivity index (χ4n) is 3.96. The molecule has 128 valence electrons. The highest BCUT2D eigenvalue weighted by molar-refractivity contribution is 7.99. The molecule has 1 unspecified atom stereocenters. The summed E-state index contributed by atoms with van der Waals surface area (Å²) < 4.78 is 0. The minimum absolute atomic E-state index is 0.346. The second-order valence-electron chi connectivity index (χ2n) is 7.86. The first-order valence-corrected chi connectivity index (χ1v) is 9.70. The Kier molecular flexibility index (Phi) is 4.81. The van der Waals surface area contributed by atoms with E-state index in [4.69, 9.17) is 0 Å².